The molecular weight excluding hydrogens is 337 g/mol. The second-order valence-corrected chi connectivity index (χ2v) is 5.81. The minimum absolute atomic E-state index is 0.115. The first kappa shape index (κ1) is 17.1. The summed E-state index contributed by atoms with van der Waals surface area (Å²) >= 11 is 11.7. The number of anilines is 1. The Morgan fingerprint density at radius 3 is 2.48 bits per heavy atom. The predicted octanol–water partition coefficient (Wildman–Crippen LogP) is 3.53. The van der Waals surface area contributed by atoms with E-state index in [1.807, 2.05) is 31.1 Å². The van der Waals surface area contributed by atoms with Gasteiger partial charge in [0.2, 0.25) is 0 Å². The molecule has 1 amide bonds. The number of benzene rings is 2. The first-order valence-electron chi connectivity index (χ1n) is 6.67. The average Bonchev–Trinajstić information content (AvgIpc) is 2.51. The largest absolute Gasteiger partial charge is 0.506 e. The molecule has 120 valence electrons. The maximum atomic E-state index is 12.0. The van der Waals surface area contributed by atoms with Crippen molar-refractivity contribution in [1.29, 1.82) is 0 Å². The molecule has 0 unspecified atom stereocenters. The standard InChI is InChI=1S/C16H15Cl2N3O2/c1-21(2)13-5-3-10(4-6-13)16(23)20-19-9-11-7-12(17)8-14(18)15(11)22/h3-9,22H,1-2H3,(H,20,23)/b19-9+. The molecule has 7 heteroatoms. The second-order valence-electron chi connectivity index (χ2n) is 4.97. The third-order valence-corrected chi connectivity index (χ3v) is 3.58. The van der Waals surface area contributed by atoms with Crippen LogP contribution in [0.2, 0.25) is 10.0 Å². The molecule has 5 nitrogen and oxygen atoms in total. The monoisotopic (exact) mass is 351 g/mol. The zero-order valence-corrected chi connectivity index (χ0v) is 14.1. The number of nitrogens with zero attached hydrogens (tertiary/aromatic N) is 2. The van der Waals surface area contributed by atoms with Gasteiger partial charge in [-0.25, -0.2) is 5.43 Å². The number of amides is 1. The maximum absolute atomic E-state index is 12.0. The minimum Gasteiger partial charge on any atom is -0.506 e. The average molecular weight is 352 g/mol. The van der Waals surface area contributed by atoms with Crippen molar-refractivity contribution in [3.63, 3.8) is 0 Å². The van der Waals surface area contributed by atoms with E-state index in [1.165, 1.54) is 18.3 Å². The van der Waals surface area contributed by atoms with Crippen molar-refractivity contribution >= 4 is 41.0 Å². The molecule has 2 aromatic rings. The molecular formula is C16H15Cl2N3O2. The molecule has 0 aliphatic heterocycles. The Labute approximate surface area is 144 Å². The van der Waals surface area contributed by atoms with Gasteiger partial charge in [0, 0.05) is 35.9 Å². The van der Waals surface area contributed by atoms with Gasteiger partial charge in [-0.2, -0.15) is 5.10 Å². The van der Waals surface area contributed by atoms with Crippen molar-refractivity contribution in [2.24, 2.45) is 5.10 Å². The Hall–Kier alpha value is -2.24. The number of rotatable bonds is 4. The third-order valence-electron chi connectivity index (χ3n) is 3.07. The molecule has 2 aromatic carbocycles. The number of carbonyl (C=O) groups is 1. The van der Waals surface area contributed by atoms with E-state index in [9.17, 15) is 9.90 Å². The Bertz CT molecular complexity index is 744. The lowest BCUT2D eigenvalue weighted by atomic mass is 10.2. The van der Waals surface area contributed by atoms with E-state index in [2.05, 4.69) is 10.5 Å². The number of aromatic hydroxyl groups is 1. The van der Waals surface area contributed by atoms with E-state index < -0.39 is 0 Å². The molecule has 0 fully saturated rings. The van der Waals surface area contributed by atoms with Gasteiger partial charge in [-0.05, 0) is 36.4 Å². The van der Waals surface area contributed by atoms with Crippen LogP contribution in [-0.4, -0.2) is 31.3 Å². The van der Waals surface area contributed by atoms with Crippen molar-refractivity contribution in [2.75, 3.05) is 19.0 Å². The smallest absolute Gasteiger partial charge is 0.271 e. The molecule has 23 heavy (non-hydrogen) atoms. The summed E-state index contributed by atoms with van der Waals surface area (Å²) in [5.74, 6) is -0.511. The van der Waals surface area contributed by atoms with E-state index in [4.69, 9.17) is 23.2 Å². The molecule has 2 rings (SSSR count). The fourth-order valence-corrected chi connectivity index (χ4v) is 2.33. The highest BCUT2D eigenvalue weighted by atomic mass is 35.5. The van der Waals surface area contributed by atoms with Crippen LogP contribution in [0.4, 0.5) is 5.69 Å². The van der Waals surface area contributed by atoms with Crippen LogP contribution in [0.1, 0.15) is 15.9 Å². The van der Waals surface area contributed by atoms with Crippen molar-refractivity contribution in [2.45, 2.75) is 0 Å². The maximum Gasteiger partial charge on any atom is 0.271 e. The lowest BCUT2D eigenvalue weighted by Crippen LogP contribution is -2.18. The number of nitrogens with one attached hydrogen (secondary N) is 1. The van der Waals surface area contributed by atoms with Gasteiger partial charge >= 0.3 is 0 Å². The van der Waals surface area contributed by atoms with Crippen LogP contribution < -0.4 is 10.3 Å². The fraction of sp³-hybridized carbons (Fsp3) is 0.125. The van der Waals surface area contributed by atoms with Crippen LogP contribution in [0.3, 0.4) is 0 Å². The molecule has 0 atom stereocenters. The van der Waals surface area contributed by atoms with Gasteiger partial charge < -0.3 is 10.0 Å². The number of halogens is 2. The molecule has 0 radical (unpaired) electrons. The molecule has 0 aliphatic rings. The summed E-state index contributed by atoms with van der Waals surface area (Å²) in [5.41, 5.74) is 4.16. The Morgan fingerprint density at radius 1 is 1.22 bits per heavy atom. The van der Waals surface area contributed by atoms with Crippen molar-refractivity contribution in [3.05, 3.63) is 57.6 Å². The summed E-state index contributed by atoms with van der Waals surface area (Å²) in [6.45, 7) is 0. The molecule has 0 heterocycles. The first-order valence-corrected chi connectivity index (χ1v) is 7.43. The van der Waals surface area contributed by atoms with Crippen LogP contribution in [0.5, 0.6) is 5.75 Å². The molecule has 0 saturated heterocycles. The van der Waals surface area contributed by atoms with E-state index in [0.717, 1.165) is 5.69 Å². The summed E-state index contributed by atoms with van der Waals surface area (Å²) in [6.07, 6.45) is 1.28. The topological polar surface area (TPSA) is 64.9 Å². The van der Waals surface area contributed by atoms with Crippen LogP contribution in [0, 0.1) is 0 Å². The van der Waals surface area contributed by atoms with E-state index in [-0.39, 0.29) is 16.7 Å². The lowest BCUT2D eigenvalue weighted by Gasteiger charge is -2.12. The van der Waals surface area contributed by atoms with Crippen molar-refractivity contribution in [3.8, 4) is 5.75 Å². The van der Waals surface area contributed by atoms with Gasteiger partial charge in [-0.15, -0.1) is 0 Å². The van der Waals surface area contributed by atoms with Gasteiger partial charge in [0.25, 0.3) is 5.91 Å². The highest BCUT2D eigenvalue weighted by Gasteiger charge is 2.07. The summed E-state index contributed by atoms with van der Waals surface area (Å²) in [6, 6.07) is 9.98. The van der Waals surface area contributed by atoms with Gasteiger partial charge in [-0.1, -0.05) is 23.2 Å². The van der Waals surface area contributed by atoms with Crippen LogP contribution in [0.15, 0.2) is 41.5 Å². The lowest BCUT2D eigenvalue weighted by molar-refractivity contribution is 0.0955. The number of hydrogen-bond acceptors (Lipinski definition) is 4. The zero-order chi connectivity index (χ0) is 17.0. The summed E-state index contributed by atoms with van der Waals surface area (Å²) in [7, 11) is 3.84. The van der Waals surface area contributed by atoms with Crippen LogP contribution in [0.25, 0.3) is 0 Å². The Morgan fingerprint density at radius 2 is 1.87 bits per heavy atom. The number of hydrogen-bond donors (Lipinski definition) is 2. The molecule has 0 saturated carbocycles. The molecule has 0 aromatic heterocycles. The number of carbonyl (C=O) groups excluding carboxylic acids is 1. The van der Waals surface area contributed by atoms with E-state index in [0.29, 0.717) is 16.1 Å². The fourth-order valence-electron chi connectivity index (χ4n) is 1.82. The Balaban J connectivity index is 2.07. The molecule has 0 spiro atoms. The van der Waals surface area contributed by atoms with Crippen molar-refractivity contribution in [1.82, 2.24) is 5.43 Å². The Kier molecular flexibility index (Phi) is 5.47. The highest BCUT2D eigenvalue weighted by molar-refractivity contribution is 6.36. The van der Waals surface area contributed by atoms with E-state index >= 15 is 0 Å². The molecule has 0 bridgehead atoms. The van der Waals surface area contributed by atoms with Crippen LogP contribution >= 0.6 is 23.2 Å². The predicted molar refractivity (Wildman–Crippen MR) is 94.0 cm³/mol. The first-order chi connectivity index (χ1) is 10.9. The van der Waals surface area contributed by atoms with Crippen molar-refractivity contribution < 1.29 is 9.90 Å². The summed E-state index contributed by atoms with van der Waals surface area (Å²) in [5, 5.41) is 14.1. The van der Waals surface area contributed by atoms with Gasteiger partial charge in [-0.3, -0.25) is 4.79 Å². The van der Waals surface area contributed by atoms with Gasteiger partial charge in [0.15, 0.2) is 0 Å². The zero-order valence-electron chi connectivity index (χ0n) is 12.5. The number of phenolic OH excluding ortho intramolecular Hbond substituents is 1. The van der Waals surface area contributed by atoms with Gasteiger partial charge in [0.05, 0.1) is 11.2 Å². The molecule has 0 aliphatic carbocycles. The highest BCUT2D eigenvalue weighted by Crippen LogP contribution is 2.29. The third kappa shape index (κ3) is 4.37. The van der Waals surface area contributed by atoms with Crippen LogP contribution in [-0.2, 0) is 0 Å². The number of phenols is 1. The van der Waals surface area contributed by atoms with Gasteiger partial charge in [0.1, 0.15) is 5.75 Å². The second kappa shape index (κ2) is 7.35. The summed E-state index contributed by atoms with van der Waals surface area (Å²) < 4.78 is 0. The van der Waals surface area contributed by atoms with E-state index in [1.54, 1.807) is 12.1 Å². The molecule has 2 N–H and O–H groups in total. The quantitative estimate of drug-likeness (QED) is 0.654. The summed E-state index contributed by atoms with van der Waals surface area (Å²) in [4.78, 5) is 13.9. The normalized spacial score (nSPS) is 10.8. The number of hydrazone groups is 1. The SMILES string of the molecule is CN(C)c1ccc(C(=O)N/N=C/c2cc(Cl)cc(Cl)c2O)cc1. The minimum atomic E-state index is -0.362.